The van der Waals surface area contributed by atoms with E-state index in [2.05, 4.69) is 11.3 Å². The second kappa shape index (κ2) is 6.83. The van der Waals surface area contributed by atoms with E-state index in [4.69, 9.17) is 0 Å². The predicted octanol–water partition coefficient (Wildman–Crippen LogP) is 4.13. The number of unbranched alkanes of at least 4 members (excludes halogenated alkanes) is 1. The molecular formula is C15H23NOS. The summed E-state index contributed by atoms with van der Waals surface area (Å²) < 4.78 is 16.3. The molecule has 0 radical (unpaired) electrons. The molecule has 0 aliphatic carbocycles. The average molecular weight is 265 g/mol. The van der Waals surface area contributed by atoms with Crippen molar-refractivity contribution in [3.8, 4) is 0 Å². The van der Waals surface area contributed by atoms with Crippen molar-refractivity contribution in [2.75, 3.05) is 0 Å². The molecule has 1 aromatic carbocycles. The lowest BCUT2D eigenvalue weighted by molar-refractivity contribution is 0.650. The molecule has 3 heteroatoms. The van der Waals surface area contributed by atoms with Gasteiger partial charge in [-0.2, -0.15) is 4.40 Å². The van der Waals surface area contributed by atoms with Gasteiger partial charge in [0.05, 0.1) is 10.5 Å². The maximum Gasteiger partial charge on any atom is 0.145 e. The van der Waals surface area contributed by atoms with Crippen LogP contribution in [0.5, 0.6) is 0 Å². The fraction of sp³-hybridized carbons (Fsp3) is 0.533. The van der Waals surface area contributed by atoms with E-state index in [1.165, 1.54) is 0 Å². The maximum absolute atomic E-state index is 12.1. The Balaban J connectivity index is 2.99. The zero-order chi connectivity index (χ0) is 13.6. The van der Waals surface area contributed by atoms with Crippen LogP contribution in [0.4, 0.5) is 0 Å². The summed E-state index contributed by atoms with van der Waals surface area (Å²) in [5.41, 5.74) is 2.05. The summed E-state index contributed by atoms with van der Waals surface area (Å²) in [6.45, 7) is 8.02. The number of hydrogen-bond donors (Lipinski definition) is 0. The van der Waals surface area contributed by atoms with E-state index in [0.29, 0.717) is 0 Å². The van der Waals surface area contributed by atoms with Gasteiger partial charge < -0.3 is 0 Å². The molecule has 0 spiro atoms. The molecule has 0 aromatic heterocycles. The molecule has 0 aliphatic heterocycles. The Bertz CT molecular complexity index is 418. The molecule has 1 unspecified atom stereocenters. The van der Waals surface area contributed by atoms with Gasteiger partial charge in [0.25, 0.3) is 0 Å². The zero-order valence-electron chi connectivity index (χ0n) is 11.8. The van der Waals surface area contributed by atoms with Gasteiger partial charge in [0.15, 0.2) is 0 Å². The highest BCUT2D eigenvalue weighted by Gasteiger charge is 2.19. The van der Waals surface area contributed by atoms with Crippen molar-refractivity contribution < 1.29 is 4.21 Å². The first kappa shape index (κ1) is 15.1. The summed E-state index contributed by atoms with van der Waals surface area (Å²) in [6, 6.07) is 10.1. The molecule has 1 rings (SSSR count). The van der Waals surface area contributed by atoms with Crippen molar-refractivity contribution in [2.24, 2.45) is 4.40 Å². The smallest absolute Gasteiger partial charge is 0.145 e. The minimum Gasteiger partial charge on any atom is -0.234 e. The van der Waals surface area contributed by atoms with Crippen LogP contribution in [0.1, 0.15) is 52.5 Å². The van der Waals surface area contributed by atoms with Gasteiger partial charge in [-0.25, -0.2) is 4.21 Å². The highest BCUT2D eigenvalue weighted by atomic mass is 32.2. The Hall–Kier alpha value is -0.960. The molecule has 0 N–H and O–H groups in total. The van der Waals surface area contributed by atoms with Crippen LogP contribution >= 0.6 is 0 Å². The van der Waals surface area contributed by atoms with Crippen LogP contribution < -0.4 is 0 Å². The summed E-state index contributed by atoms with van der Waals surface area (Å²) >= 11 is 0. The molecular weight excluding hydrogens is 242 g/mol. The summed E-state index contributed by atoms with van der Waals surface area (Å²) in [4.78, 5) is 0. The third kappa shape index (κ3) is 4.73. The molecule has 0 saturated carbocycles. The lowest BCUT2D eigenvalue weighted by Crippen LogP contribution is -2.21. The molecule has 2 nitrogen and oxygen atoms in total. The Morgan fingerprint density at radius 2 is 1.83 bits per heavy atom. The third-order valence-corrected chi connectivity index (χ3v) is 4.03. The zero-order valence-corrected chi connectivity index (χ0v) is 12.6. The van der Waals surface area contributed by atoms with Crippen LogP contribution in [-0.2, 0) is 11.0 Å². The lowest BCUT2D eigenvalue weighted by Gasteiger charge is -2.15. The van der Waals surface area contributed by atoms with Crippen LogP contribution in [-0.4, -0.2) is 14.7 Å². The summed E-state index contributed by atoms with van der Waals surface area (Å²) in [5.74, 6) is 0. The van der Waals surface area contributed by atoms with E-state index >= 15 is 0 Å². The average Bonchev–Trinajstić information content (AvgIpc) is 2.34. The van der Waals surface area contributed by atoms with Crippen molar-refractivity contribution in [1.82, 2.24) is 0 Å². The molecule has 0 saturated heterocycles. The first-order chi connectivity index (χ1) is 8.45. The Morgan fingerprint density at radius 3 is 2.33 bits per heavy atom. The van der Waals surface area contributed by atoms with Crippen molar-refractivity contribution in [1.29, 1.82) is 0 Å². The lowest BCUT2D eigenvalue weighted by atomic mass is 10.1. The standard InChI is InChI=1S/C15H23NOS/c1-5-6-12-14(13-10-8-7-9-11-13)16-18(17)15(2,3)4/h7-11H,5-6,12H2,1-4H3/b16-14-. The van der Waals surface area contributed by atoms with Crippen LogP contribution in [0.3, 0.4) is 0 Å². The summed E-state index contributed by atoms with van der Waals surface area (Å²) in [6.07, 6.45) is 3.09. The van der Waals surface area contributed by atoms with Gasteiger partial charge in [0, 0.05) is 0 Å². The third-order valence-electron chi connectivity index (χ3n) is 2.59. The molecule has 1 atom stereocenters. The second-order valence-corrected chi connectivity index (χ2v) is 7.27. The van der Waals surface area contributed by atoms with Gasteiger partial charge in [0.2, 0.25) is 0 Å². The largest absolute Gasteiger partial charge is 0.234 e. The second-order valence-electron chi connectivity index (χ2n) is 5.37. The number of nitrogens with zero attached hydrogens (tertiary/aromatic N) is 1. The Morgan fingerprint density at radius 1 is 1.22 bits per heavy atom. The van der Waals surface area contributed by atoms with Crippen molar-refractivity contribution in [3.63, 3.8) is 0 Å². The van der Waals surface area contributed by atoms with Gasteiger partial charge in [-0.15, -0.1) is 0 Å². The van der Waals surface area contributed by atoms with E-state index in [1.807, 2.05) is 51.1 Å². The number of benzene rings is 1. The van der Waals surface area contributed by atoms with Gasteiger partial charge in [-0.1, -0.05) is 43.7 Å². The maximum atomic E-state index is 12.1. The van der Waals surface area contributed by atoms with Crippen LogP contribution in [0.2, 0.25) is 0 Å². The number of rotatable bonds is 5. The van der Waals surface area contributed by atoms with E-state index in [9.17, 15) is 4.21 Å². The van der Waals surface area contributed by atoms with Gasteiger partial charge >= 0.3 is 0 Å². The fourth-order valence-corrected chi connectivity index (χ4v) is 2.13. The van der Waals surface area contributed by atoms with Gasteiger partial charge in [0.1, 0.15) is 11.0 Å². The topological polar surface area (TPSA) is 29.4 Å². The van der Waals surface area contributed by atoms with Crippen molar-refractivity contribution >= 4 is 16.7 Å². The molecule has 0 amide bonds. The summed E-state index contributed by atoms with van der Waals surface area (Å²) in [5, 5.41) is 0. The van der Waals surface area contributed by atoms with E-state index in [-0.39, 0.29) is 4.75 Å². The van der Waals surface area contributed by atoms with Crippen LogP contribution in [0.25, 0.3) is 0 Å². The predicted molar refractivity (Wildman–Crippen MR) is 80.4 cm³/mol. The minimum atomic E-state index is -1.18. The van der Waals surface area contributed by atoms with Crippen LogP contribution in [0.15, 0.2) is 34.7 Å². The monoisotopic (exact) mass is 265 g/mol. The van der Waals surface area contributed by atoms with Crippen molar-refractivity contribution in [2.45, 2.75) is 51.7 Å². The Labute approximate surface area is 113 Å². The van der Waals surface area contributed by atoms with Gasteiger partial charge in [-0.3, -0.25) is 0 Å². The molecule has 0 heterocycles. The molecule has 0 aliphatic rings. The minimum absolute atomic E-state index is 0.299. The molecule has 0 bridgehead atoms. The van der Waals surface area contributed by atoms with E-state index < -0.39 is 11.0 Å². The SMILES string of the molecule is CCCC/C(=N/S(=O)C(C)(C)C)c1ccccc1. The first-order valence-electron chi connectivity index (χ1n) is 6.50. The molecule has 1 aromatic rings. The van der Waals surface area contributed by atoms with Crippen molar-refractivity contribution in [3.05, 3.63) is 35.9 Å². The van der Waals surface area contributed by atoms with Crippen LogP contribution in [0, 0.1) is 0 Å². The first-order valence-corrected chi connectivity index (χ1v) is 7.61. The van der Waals surface area contributed by atoms with Gasteiger partial charge in [-0.05, 0) is 39.2 Å². The summed E-state index contributed by atoms with van der Waals surface area (Å²) in [7, 11) is -1.18. The normalized spacial score (nSPS) is 14.6. The Kier molecular flexibility index (Phi) is 5.73. The van der Waals surface area contributed by atoms with E-state index in [1.54, 1.807) is 0 Å². The fourth-order valence-electron chi connectivity index (χ4n) is 1.45. The molecule has 0 fully saturated rings. The van der Waals surface area contributed by atoms with E-state index in [0.717, 1.165) is 30.5 Å². The number of hydrogen-bond acceptors (Lipinski definition) is 1. The molecule has 100 valence electrons. The highest BCUT2D eigenvalue weighted by Crippen LogP contribution is 2.16. The highest BCUT2D eigenvalue weighted by molar-refractivity contribution is 7.85. The quantitative estimate of drug-likeness (QED) is 0.736. The molecule has 18 heavy (non-hydrogen) atoms.